The van der Waals surface area contributed by atoms with Crippen molar-refractivity contribution in [1.82, 2.24) is 10.6 Å². The van der Waals surface area contributed by atoms with E-state index in [1.165, 1.54) is 11.3 Å². The molecule has 2 N–H and O–H groups in total. The lowest BCUT2D eigenvalue weighted by molar-refractivity contribution is -0.126. The quantitative estimate of drug-likeness (QED) is 0.778. The fourth-order valence-corrected chi connectivity index (χ4v) is 3.16. The van der Waals surface area contributed by atoms with Gasteiger partial charge in [-0.25, -0.2) is 0 Å². The number of amides is 1. The number of hydrogen-bond donors (Lipinski definition) is 2. The summed E-state index contributed by atoms with van der Waals surface area (Å²) in [5.74, 6) is 0.873. The third-order valence-corrected chi connectivity index (χ3v) is 4.82. The molecule has 2 aliphatic heterocycles. The van der Waals surface area contributed by atoms with E-state index in [9.17, 15) is 4.79 Å². The first-order valence-corrected chi connectivity index (χ1v) is 8.07. The highest BCUT2D eigenvalue weighted by Gasteiger charge is 2.28. The molecule has 1 saturated heterocycles. The first kappa shape index (κ1) is 14.4. The van der Waals surface area contributed by atoms with Gasteiger partial charge in [0, 0.05) is 31.2 Å². The van der Waals surface area contributed by atoms with Gasteiger partial charge >= 0.3 is 0 Å². The molecule has 0 spiro atoms. The molecule has 1 aromatic carbocycles. The van der Waals surface area contributed by atoms with Gasteiger partial charge < -0.3 is 15.5 Å². The van der Waals surface area contributed by atoms with Crippen molar-refractivity contribution in [3.63, 3.8) is 0 Å². The number of carbonyl (C=O) groups is 1. The minimum atomic E-state index is 0.138. The van der Waals surface area contributed by atoms with Crippen LogP contribution < -0.4 is 15.5 Å². The molecule has 1 atom stereocenters. The number of nitrogens with one attached hydrogen (secondary N) is 2. The largest absolute Gasteiger partial charge is 0.371 e. The average Bonchev–Trinajstić information content (AvgIpc) is 2.85. The maximum absolute atomic E-state index is 12.0. The number of fused-ring (bicyclic) bond motifs is 1. The predicted molar refractivity (Wildman–Crippen MR) is 85.5 cm³/mol. The number of anilines is 1. The van der Waals surface area contributed by atoms with Crippen molar-refractivity contribution < 1.29 is 4.79 Å². The maximum atomic E-state index is 12.0. The van der Waals surface area contributed by atoms with Crippen LogP contribution in [-0.4, -0.2) is 38.6 Å². The van der Waals surface area contributed by atoms with E-state index in [2.05, 4.69) is 39.8 Å². The Morgan fingerprint density at radius 3 is 3.00 bits per heavy atom. The van der Waals surface area contributed by atoms with Gasteiger partial charge in [-0.3, -0.25) is 4.79 Å². The van der Waals surface area contributed by atoms with Crippen molar-refractivity contribution >= 4 is 11.6 Å². The molecule has 0 bridgehead atoms. The van der Waals surface area contributed by atoms with Crippen molar-refractivity contribution in [1.29, 1.82) is 0 Å². The molecule has 2 heterocycles. The van der Waals surface area contributed by atoms with Crippen LogP contribution in [-0.2, 0) is 11.2 Å². The molecular formula is C17H25N3O. The monoisotopic (exact) mass is 287 g/mol. The van der Waals surface area contributed by atoms with Gasteiger partial charge in [0.2, 0.25) is 5.91 Å². The molecular weight excluding hydrogens is 262 g/mol. The maximum Gasteiger partial charge on any atom is 0.223 e. The number of rotatable bonds is 6. The third-order valence-electron chi connectivity index (χ3n) is 4.82. The zero-order valence-electron chi connectivity index (χ0n) is 12.8. The van der Waals surface area contributed by atoms with Crippen LogP contribution in [0.4, 0.5) is 5.69 Å². The van der Waals surface area contributed by atoms with Gasteiger partial charge in [-0.15, -0.1) is 0 Å². The van der Waals surface area contributed by atoms with Crippen molar-refractivity contribution in [2.75, 3.05) is 37.6 Å². The fraction of sp³-hybridized carbons (Fsp3) is 0.588. The second kappa shape index (κ2) is 6.48. The summed E-state index contributed by atoms with van der Waals surface area (Å²) in [7, 11) is 0. The summed E-state index contributed by atoms with van der Waals surface area (Å²) in [6.45, 7) is 6.92. The molecule has 21 heavy (non-hydrogen) atoms. The number of nitrogens with zero attached hydrogens (tertiary/aromatic N) is 1. The van der Waals surface area contributed by atoms with Crippen LogP contribution in [0.3, 0.4) is 0 Å². The minimum absolute atomic E-state index is 0.138. The highest BCUT2D eigenvalue weighted by Crippen LogP contribution is 2.27. The second-order valence-electron chi connectivity index (χ2n) is 6.22. The number of carbonyl (C=O) groups excluding carboxylic acids is 1. The minimum Gasteiger partial charge on any atom is -0.371 e. The Balaban J connectivity index is 1.38. The topological polar surface area (TPSA) is 44.4 Å². The van der Waals surface area contributed by atoms with Gasteiger partial charge in [0.15, 0.2) is 0 Å². The van der Waals surface area contributed by atoms with Crippen LogP contribution in [0.2, 0.25) is 0 Å². The Bertz CT molecular complexity index is 499. The van der Waals surface area contributed by atoms with E-state index in [0.717, 1.165) is 45.6 Å². The summed E-state index contributed by atoms with van der Waals surface area (Å²) in [6, 6.07) is 8.63. The third kappa shape index (κ3) is 3.21. The Labute approximate surface area is 126 Å². The highest BCUT2D eigenvalue weighted by molar-refractivity contribution is 5.78. The van der Waals surface area contributed by atoms with Crippen molar-refractivity contribution in [2.45, 2.75) is 19.8 Å². The van der Waals surface area contributed by atoms with E-state index in [0.29, 0.717) is 5.92 Å². The zero-order chi connectivity index (χ0) is 14.7. The summed E-state index contributed by atoms with van der Waals surface area (Å²) in [6.07, 6.45) is 2.16. The van der Waals surface area contributed by atoms with Gasteiger partial charge in [-0.2, -0.15) is 0 Å². The van der Waals surface area contributed by atoms with Gasteiger partial charge in [0.25, 0.3) is 0 Å². The van der Waals surface area contributed by atoms with E-state index < -0.39 is 0 Å². The lowest BCUT2D eigenvalue weighted by Crippen LogP contribution is -2.49. The number of para-hydroxylation sites is 1. The van der Waals surface area contributed by atoms with Gasteiger partial charge in [-0.05, 0) is 43.5 Å². The summed E-state index contributed by atoms with van der Waals surface area (Å²) < 4.78 is 0. The molecule has 0 aromatic heterocycles. The van der Waals surface area contributed by atoms with Crippen LogP contribution in [0.1, 0.15) is 18.9 Å². The average molecular weight is 287 g/mol. The normalized spacial score (nSPS) is 19.0. The van der Waals surface area contributed by atoms with E-state index in [1.807, 2.05) is 6.92 Å². The van der Waals surface area contributed by atoms with Crippen LogP contribution in [0.25, 0.3) is 0 Å². The van der Waals surface area contributed by atoms with E-state index >= 15 is 0 Å². The molecule has 1 unspecified atom stereocenters. The predicted octanol–water partition coefficient (Wildman–Crippen LogP) is 1.41. The Morgan fingerprint density at radius 2 is 2.24 bits per heavy atom. The number of hydrogen-bond acceptors (Lipinski definition) is 3. The number of benzene rings is 1. The summed E-state index contributed by atoms with van der Waals surface area (Å²) >= 11 is 0. The first-order chi connectivity index (χ1) is 10.3. The van der Waals surface area contributed by atoms with Crippen LogP contribution in [0, 0.1) is 11.8 Å². The Kier molecular flexibility index (Phi) is 4.44. The molecule has 4 heteroatoms. The van der Waals surface area contributed by atoms with E-state index in [4.69, 9.17) is 0 Å². The molecule has 114 valence electrons. The molecule has 3 rings (SSSR count). The molecule has 2 aliphatic rings. The van der Waals surface area contributed by atoms with E-state index in [1.54, 1.807) is 0 Å². The lowest BCUT2D eigenvalue weighted by Gasteiger charge is -2.31. The lowest BCUT2D eigenvalue weighted by atomic mass is 9.88. The summed E-state index contributed by atoms with van der Waals surface area (Å²) in [5, 5.41) is 6.31. The van der Waals surface area contributed by atoms with Crippen LogP contribution >= 0.6 is 0 Å². The van der Waals surface area contributed by atoms with Gasteiger partial charge in [0.1, 0.15) is 0 Å². The first-order valence-electron chi connectivity index (χ1n) is 8.07. The van der Waals surface area contributed by atoms with Crippen molar-refractivity contribution in [2.24, 2.45) is 11.8 Å². The molecule has 1 fully saturated rings. The smallest absolute Gasteiger partial charge is 0.223 e. The Hall–Kier alpha value is -1.55. The highest BCUT2D eigenvalue weighted by atomic mass is 16.1. The molecule has 4 nitrogen and oxygen atoms in total. The van der Waals surface area contributed by atoms with Crippen molar-refractivity contribution in [3.8, 4) is 0 Å². The van der Waals surface area contributed by atoms with Gasteiger partial charge in [0.05, 0.1) is 0 Å². The van der Waals surface area contributed by atoms with Gasteiger partial charge in [-0.1, -0.05) is 25.1 Å². The molecule has 1 amide bonds. The molecule has 0 saturated carbocycles. The van der Waals surface area contributed by atoms with Crippen molar-refractivity contribution in [3.05, 3.63) is 29.8 Å². The van der Waals surface area contributed by atoms with Crippen LogP contribution in [0.5, 0.6) is 0 Å². The van der Waals surface area contributed by atoms with Crippen LogP contribution in [0.15, 0.2) is 24.3 Å². The SMILES string of the molecule is CC(C(=O)NCCCN1CCc2ccccc21)C1CNC1. The summed E-state index contributed by atoms with van der Waals surface area (Å²) in [5.41, 5.74) is 2.82. The molecule has 0 aliphatic carbocycles. The molecule has 1 aromatic rings. The molecule has 0 radical (unpaired) electrons. The van der Waals surface area contributed by atoms with E-state index in [-0.39, 0.29) is 11.8 Å². The fourth-order valence-electron chi connectivity index (χ4n) is 3.16. The summed E-state index contributed by atoms with van der Waals surface area (Å²) in [4.78, 5) is 14.5. The zero-order valence-corrected chi connectivity index (χ0v) is 12.8. The standard InChI is InChI=1S/C17H25N3O/c1-13(15-11-18-12-15)17(21)19-8-4-9-20-10-7-14-5-2-3-6-16(14)20/h2-3,5-6,13,15,18H,4,7-12H2,1H3,(H,19,21). The second-order valence-corrected chi connectivity index (χ2v) is 6.22. The Morgan fingerprint density at radius 1 is 1.43 bits per heavy atom.